The highest BCUT2D eigenvalue weighted by Gasteiger charge is 2.30. The number of nitrogens with zero attached hydrogens (tertiary/aromatic N) is 1. The minimum Gasteiger partial charge on any atom is -0.398 e. The van der Waals surface area contributed by atoms with Gasteiger partial charge in [-0.15, -0.1) is 0 Å². The van der Waals surface area contributed by atoms with E-state index in [0.717, 1.165) is 0 Å². The highest BCUT2D eigenvalue weighted by Crippen LogP contribution is 2.28. The molecule has 1 aromatic carbocycles. The summed E-state index contributed by atoms with van der Waals surface area (Å²) < 4.78 is 38.5. The molecule has 1 saturated heterocycles. The molecule has 0 radical (unpaired) electrons. The van der Waals surface area contributed by atoms with Crippen molar-refractivity contribution in [2.75, 3.05) is 30.3 Å². The summed E-state index contributed by atoms with van der Waals surface area (Å²) in [5.41, 5.74) is 6.80. The molecule has 5 nitrogen and oxygen atoms in total. The van der Waals surface area contributed by atoms with Crippen molar-refractivity contribution < 1.29 is 12.6 Å². The van der Waals surface area contributed by atoms with Crippen molar-refractivity contribution in [3.8, 4) is 0 Å². The summed E-state index contributed by atoms with van der Waals surface area (Å²) in [5, 5.41) is 0. The summed E-state index contributed by atoms with van der Waals surface area (Å²) in [4.78, 5) is 0.215. The van der Waals surface area contributed by atoms with Crippen molar-refractivity contribution in [3.05, 3.63) is 22.2 Å². The quantitative estimate of drug-likeness (QED) is 0.794. The van der Waals surface area contributed by atoms with Crippen LogP contribution in [0.15, 0.2) is 21.5 Å². The first kappa shape index (κ1) is 15.0. The topological polar surface area (TPSA) is 80.5 Å². The second-order valence-electron chi connectivity index (χ2n) is 4.37. The standard InChI is InChI=1S/C11H15BrN2O3S2/c1-8-10(13)6-9(12)7-11(8)19(16,17)14-2-4-18(15)5-3-14/h6-7H,2-5,13H2,1H3. The molecule has 0 unspecified atom stereocenters. The third-order valence-electron chi connectivity index (χ3n) is 3.12. The van der Waals surface area contributed by atoms with Gasteiger partial charge in [-0.2, -0.15) is 4.31 Å². The molecule has 0 saturated carbocycles. The molecule has 106 valence electrons. The number of rotatable bonds is 2. The van der Waals surface area contributed by atoms with E-state index in [1.165, 1.54) is 4.31 Å². The molecule has 0 bridgehead atoms. The lowest BCUT2D eigenvalue weighted by atomic mass is 10.2. The number of nitrogens with two attached hydrogens (primary N) is 1. The van der Waals surface area contributed by atoms with E-state index in [1.54, 1.807) is 19.1 Å². The molecule has 1 aromatic rings. The Morgan fingerprint density at radius 1 is 1.32 bits per heavy atom. The van der Waals surface area contributed by atoms with Gasteiger partial charge in [0.25, 0.3) is 0 Å². The molecular weight excluding hydrogens is 352 g/mol. The first-order valence-corrected chi connectivity index (χ1v) is 9.45. The third-order valence-corrected chi connectivity index (χ3v) is 6.88. The van der Waals surface area contributed by atoms with Crippen LogP contribution in [0, 0.1) is 6.92 Å². The lowest BCUT2D eigenvalue weighted by molar-refractivity contribution is 0.438. The van der Waals surface area contributed by atoms with Gasteiger partial charge in [-0.25, -0.2) is 8.42 Å². The Morgan fingerprint density at radius 2 is 1.89 bits per heavy atom. The molecule has 1 aliphatic heterocycles. The summed E-state index contributed by atoms with van der Waals surface area (Å²) in [6.07, 6.45) is 0. The van der Waals surface area contributed by atoms with Gasteiger partial charge in [0.15, 0.2) is 0 Å². The van der Waals surface area contributed by atoms with Crippen LogP contribution in [-0.2, 0) is 20.8 Å². The molecule has 1 fully saturated rings. The Hall–Kier alpha value is -0.440. The second kappa shape index (κ2) is 5.51. The lowest BCUT2D eigenvalue weighted by Gasteiger charge is -2.26. The van der Waals surface area contributed by atoms with Gasteiger partial charge >= 0.3 is 0 Å². The Labute approximate surface area is 123 Å². The Morgan fingerprint density at radius 3 is 2.47 bits per heavy atom. The monoisotopic (exact) mass is 366 g/mol. The Balaban J connectivity index is 2.42. The highest BCUT2D eigenvalue weighted by atomic mass is 79.9. The number of hydrogen-bond donors (Lipinski definition) is 1. The SMILES string of the molecule is Cc1c(N)cc(Br)cc1S(=O)(=O)N1CCS(=O)CC1. The molecule has 0 spiro atoms. The van der Waals surface area contributed by atoms with E-state index in [1.807, 2.05) is 0 Å². The zero-order chi connectivity index (χ0) is 14.2. The van der Waals surface area contributed by atoms with Crippen LogP contribution in [0.2, 0.25) is 0 Å². The fourth-order valence-corrected chi connectivity index (χ4v) is 5.58. The van der Waals surface area contributed by atoms with Crippen molar-refractivity contribution in [1.29, 1.82) is 0 Å². The average molecular weight is 367 g/mol. The summed E-state index contributed by atoms with van der Waals surface area (Å²) in [7, 11) is -4.48. The number of halogens is 1. The number of nitrogen functional groups attached to an aromatic ring is 1. The maximum atomic E-state index is 12.6. The van der Waals surface area contributed by atoms with Gasteiger partial charge in [0.1, 0.15) is 0 Å². The van der Waals surface area contributed by atoms with Crippen molar-refractivity contribution >= 4 is 42.4 Å². The van der Waals surface area contributed by atoms with Crippen molar-refractivity contribution in [3.63, 3.8) is 0 Å². The van der Waals surface area contributed by atoms with E-state index in [0.29, 0.717) is 40.3 Å². The second-order valence-corrected chi connectivity index (χ2v) is 8.89. The van der Waals surface area contributed by atoms with Crippen LogP contribution in [0.25, 0.3) is 0 Å². The fraction of sp³-hybridized carbons (Fsp3) is 0.455. The van der Waals surface area contributed by atoms with Crippen molar-refractivity contribution in [1.82, 2.24) is 4.31 Å². The first-order chi connectivity index (χ1) is 8.82. The maximum Gasteiger partial charge on any atom is 0.243 e. The lowest BCUT2D eigenvalue weighted by Crippen LogP contribution is -2.41. The molecule has 8 heteroatoms. The smallest absolute Gasteiger partial charge is 0.243 e. The van der Waals surface area contributed by atoms with Gasteiger partial charge in [-0.3, -0.25) is 4.21 Å². The molecule has 2 N–H and O–H groups in total. The Kier molecular flexibility index (Phi) is 4.34. The van der Waals surface area contributed by atoms with Crippen LogP contribution in [-0.4, -0.2) is 41.5 Å². The number of hydrogen-bond acceptors (Lipinski definition) is 4. The van der Waals surface area contributed by atoms with E-state index in [4.69, 9.17) is 5.73 Å². The minimum atomic E-state index is -3.57. The fourth-order valence-electron chi connectivity index (χ4n) is 1.94. The molecule has 1 heterocycles. The van der Waals surface area contributed by atoms with Crippen LogP contribution >= 0.6 is 15.9 Å². The normalized spacial score (nSPS) is 18.6. The minimum absolute atomic E-state index is 0.215. The van der Waals surface area contributed by atoms with Crippen LogP contribution in [0.4, 0.5) is 5.69 Å². The van der Waals surface area contributed by atoms with Crippen LogP contribution in [0.3, 0.4) is 0 Å². The molecule has 1 aliphatic rings. The first-order valence-electron chi connectivity index (χ1n) is 5.73. The summed E-state index contributed by atoms with van der Waals surface area (Å²) in [6, 6.07) is 3.24. The van der Waals surface area contributed by atoms with Crippen LogP contribution in [0.5, 0.6) is 0 Å². The van der Waals surface area contributed by atoms with E-state index in [-0.39, 0.29) is 4.90 Å². The molecule has 19 heavy (non-hydrogen) atoms. The Bertz CT molecular complexity index is 621. The molecular formula is C11H15BrN2O3S2. The van der Waals surface area contributed by atoms with Gasteiger partial charge in [0.2, 0.25) is 10.0 Å². The van der Waals surface area contributed by atoms with Gasteiger partial charge in [-0.1, -0.05) is 15.9 Å². The van der Waals surface area contributed by atoms with Crippen LogP contribution < -0.4 is 5.73 Å². The predicted molar refractivity (Wildman–Crippen MR) is 79.9 cm³/mol. The highest BCUT2D eigenvalue weighted by molar-refractivity contribution is 9.10. The number of anilines is 1. The predicted octanol–water partition coefficient (Wildman–Crippen LogP) is 1.09. The van der Waals surface area contributed by atoms with Gasteiger partial charge in [-0.05, 0) is 24.6 Å². The molecule has 0 aliphatic carbocycles. The van der Waals surface area contributed by atoms with E-state index in [9.17, 15) is 12.6 Å². The van der Waals surface area contributed by atoms with E-state index < -0.39 is 20.8 Å². The van der Waals surface area contributed by atoms with E-state index in [2.05, 4.69) is 15.9 Å². The third kappa shape index (κ3) is 3.01. The largest absolute Gasteiger partial charge is 0.398 e. The zero-order valence-electron chi connectivity index (χ0n) is 10.4. The molecule has 0 atom stereocenters. The van der Waals surface area contributed by atoms with Crippen molar-refractivity contribution in [2.24, 2.45) is 0 Å². The molecule has 2 rings (SSSR count). The van der Waals surface area contributed by atoms with Gasteiger partial charge in [0, 0.05) is 45.6 Å². The van der Waals surface area contributed by atoms with Crippen molar-refractivity contribution in [2.45, 2.75) is 11.8 Å². The van der Waals surface area contributed by atoms with Gasteiger partial charge in [0.05, 0.1) is 4.90 Å². The van der Waals surface area contributed by atoms with Crippen LogP contribution in [0.1, 0.15) is 5.56 Å². The molecule has 0 aromatic heterocycles. The summed E-state index contributed by atoms with van der Waals surface area (Å²) >= 11 is 3.26. The zero-order valence-corrected chi connectivity index (χ0v) is 13.6. The summed E-state index contributed by atoms with van der Waals surface area (Å²) in [6.45, 7) is 2.28. The number of sulfonamides is 1. The number of benzene rings is 1. The van der Waals surface area contributed by atoms with E-state index >= 15 is 0 Å². The maximum absolute atomic E-state index is 12.6. The van der Waals surface area contributed by atoms with Gasteiger partial charge < -0.3 is 5.73 Å². The molecule has 0 amide bonds. The summed E-state index contributed by atoms with van der Waals surface area (Å²) in [5.74, 6) is 0.781. The average Bonchev–Trinajstić information content (AvgIpc) is 2.34.